The zero-order valence-electron chi connectivity index (χ0n) is 25.8. The number of nitrogens with one attached hydrogen (secondary N) is 2. The number of hydrogen-bond donors (Lipinski definition) is 3. The fraction of sp³-hybridized carbons (Fsp3) is 0.710. The third-order valence-electron chi connectivity index (χ3n) is 10.6. The van der Waals surface area contributed by atoms with E-state index in [0.29, 0.717) is 23.7 Å². The van der Waals surface area contributed by atoms with Crippen molar-refractivity contribution in [3.63, 3.8) is 0 Å². The second-order valence-electron chi connectivity index (χ2n) is 12.9. The number of nitrogens with zero attached hydrogens (tertiary/aromatic N) is 1. The first-order valence-electron chi connectivity index (χ1n) is 14.9. The molecule has 3 fully saturated rings. The monoisotopic (exact) mass is 635 g/mol. The van der Waals surface area contributed by atoms with Crippen molar-refractivity contribution in [2.75, 3.05) is 31.3 Å². The second-order valence-corrected chi connectivity index (χ2v) is 14.8. The molecule has 10 nitrogen and oxygen atoms in total. The maximum atomic E-state index is 13.5. The van der Waals surface area contributed by atoms with E-state index in [2.05, 4.69) is 47.7 Å². The van der Waals surface area contributed by atoms with Gasteiger partial charge >= 0.3 is 11.9 Å². The molecule has 3 saturated carbocycles. The normalized spacial score (nSPS) is 35.3. The van der Waals surface area contributed by atoms with E-state index in [1.54, 1.807) is 6.08 Å². The van der Waals surface area contributed by atoms with Crippen molar-refractivity contribution >= 4 is 51.9 Å². The summed E-state index contributed by atoms with van der Waals surface area (Å²) in [6.07, 6.45) is 4.05. The lowest BCUT2D eigenvalue weighted by Gasteiger charge is -2.61. The molecule has 4 rings (SSSR count). The maximum Gasteiger partial charge on any atom is 0.319 e. The van der Waals surface area contributed by atoms with Crippen LogP contribution in [0, 0.1) is 34.0 Å². The molecule has 0 radical (unpaired) electrons. The van der Waals surface area contributed by atoms with Crippen LogP contribution < -0.4 is 10.6 Å². The summed E-state index contributed by atoms with van der Waals surface area (Å²) in [6, 6.07) is 0. The van der Waals surface area contributed by atoms with Gasteiger partial charge in [0.05, 0.1) is 37.8 Å². The molecule has 0 saturated heterocycles. The van der Waals surface area contributed by atoms with E-state index in [0.717, 1.165) is 25.0 Å². The summed E-state index contributed by atoms with van der Waals surface area (Å²) in [7, 11) is 1.28. The fourth-order valence-electron chi connectivity index (χ4n) is 7.88. The molecule has 0 aliphatic heterocycles. The molecule has 1 amide bonds. The highest BCUT2D eigenvalue weighted by atomic mass is 32.2. The Morgan fingerprint density at radius 1 is 1.23 bits per heavy atom. The molecule has 3 aliphatic carbocycles. The highest BCUT2D eigenvalue weighted by Crippen LogP contribution is 2.68. The minimum absolute atomic E-state index is 0.0578. The lowest BCUT2D eigenvalue weighted by molar-refractivity contribution is -0.205. The van der Waals surface area contributed by atoms with Crippen molar-refractivity contribution in [2.45, 2.75) is 77.8 Å². The first kappa shape index (κ1) is 33.6. The van der Waals surface area contributed by atoms with Crippen LogP contribution in [0.15, 0.2) is 18.0 Å². The lowest BCUT2D eigenvalue weighted by Crippen LogP contribution is -2.63. The van der Waals surface area contributed by atoms with Crippen LogP contribution in [0.3, 0.4) is 0 Å². The van der Waals surface area contributed by atoms with E-state index < -0.39 is 29.0 Å². The number of aromatic nitrogens is 1. The van der Waals surface area contributed by atoms with Gasteiger partial charge in [0.1, 0.15) is 11.9 Å². The average molecular weight is 636 g/mol. The second kappa shape index (κ2) is 13.4. The molecule has 0 spiro atoms. The molecule has 0 aromatic carbocycles. The van der Waals surface area contributed by atoms with Crippen LogP contribution in [0.25, 0.3) is 0 Å². The summed E-state index contributed by atoms with van der Waals surface area (Å²) >= 11 is 2.65. The van der Waals surface area contributed by atoms with E-state index in [4.69, 9.17) is 4.74 Å². The number of aliphatic hydroxyl groups excluding tert-OH is 1. The first-order valence-corrected chi connectivity index (χ1v) is 17.0. The number of esters is 2. The third-order valence-corrected chi connectivity index (χ3v) is 12.4. The molecule has 1 aromatic heterocycles. The highest BCUT2D eigenvalue weighted by Gasteiger charge is 2.68. The molecule has 8 atom stereocenters. The molecule has 0 unspecified atom stereocenters. The van der Waals surface area contributed by atoms with Gasteiger partial charge < -0.3 is 19.9 Å². The lowest BCUT2D eigenvalue weighted by atomic mass is 9.44. The van der Waals surface area contributed by atoms with Crippen LogP contribution in [0.4, 0.5) is 5.13 Å². The molecular formula is C31H45N3O7S2. The quantitative estimate of drug-likeness (QED) is 0.241. The molecule has 238 valence electrons. The summed E-state index contributed by atoms with van der Waals surface area (Å²) in [5, 5.41) is 19.3. The van der Waals surface area contributed by atoms with Crippen LogP contribution in [0.5, 0.6) is 0 Å². The van der Waals surface area contributed by atoms with Crippen molar-refractivity contribution in [2.24, 2.45) is 34.0 Å². The Hall–Kier alpha value is -2.28. The van der Waals surface area contributed by atoms with E-state index in [1.165, 1.54) is 30.2 Å². The number of ether oxygens (including phenoxy) is 2. The number of Topliss-reactive ketones (excluding diaryl/α,β-unsaturated/α-hetero) is 1. The average Bonchev–Trinajstić information content (AvgIpc) is 3.57. The largest absolute Gasteiger partial charge is 0.468 e. The summed E-state index contributed by atoms with van der Waals surface area (Å²) in [4.78, 5) is 54.5. The Labute approximate surface area is 262 Å². The van der Waals surface area contributed by atoms with E-state index in [9.17, 15) is 24.3 Å². The number of amides is 1. The molecule has 2 bridgehead atoms. The van der Waals surface area contributed by atoms with E-state index in [-0.39, 0.29) is 59.7 Å². The number of hydrogen-bond acceptors (Lipinski definition) is 11. The van der Waals surface area contributed by atoms with Gasteiger partial charge in [-0.1, -0.05) is 33.8 Å². The number of carbonyl (C=O) groups excluding carboxylic acids is 4. The van der Waals surface area contributed by atoms with Crippen LogP contribution in [-0.4, -0.2) is 71.9 Å². The number of ketones is 1. The number of thioether (sulfide) groups is 1. The van der Waals surface area contributed by atoms with Crippen molar-refractivity contribution in [1.82, 2.24) is 10.3 Å². The first-order chi connectivity index (χ1) is 20.3. The summed E-state index contributed by atoms with van der Waals surface area (Å²) < 4.78 is 10.8. The van der Waals surface area contributed by atoms with Crippen LogP contribution in [0.2, 0.25) is 0 Å². The van der Waals surface area contributed by atoms with Gasteiger partial charge in [0.25, 0.3) is 0 Å². The van der Waals surface area contributed by atoms with Gasteiger partial charge in [0.2, 0.25) is 5.91 Å². The minimum Gasteiger partial charge on any atom is -0.468 e. The van der Waals surface area contributed by atoms with Crippen molar-refractivity contribution in [3.05, 3.63) is 23.7 Å². The van der Waals surface area contributed by atoms with Gasteiger partial charge in [0.15, 0.2) is 5.13 Å². The van der Waals surface area contributed by atoms with Crippen molar-refractivity contribution < 1.29 is 33.8 Å². The Bertz CT molecular complexity index is 1240. The van der Waals surface area contributed by atoms with Gasteiger partial charge in [-0.2, -0.15) is 0 Å². The number of carbonyl (C=O) groups is 4. The SMILES string of the molecule is C=C[C@]1(C)C[C@@H](OC(=O)CSCc2csc(NC(=O)CNCC(=O)OC)n2)[C@]2(C)[C@H](C)CC[C@]3(CCC(=O)[C@@H]32)[C@@H](C)[C@@H]1O. The molecule has 1 aromatic rings. The van der Waals surface area contributed by atoms with Gasteiger partial charge in [0, 0.05) is 34.3 Å². The molecule has 3 N–H and O–H groups in total. The Morgan fingerprint density at radius 3 is 2.67 bits per heavy atom. The van der Waals surface area contributed by atoms with Crippen molar-refractivity contribution in [3.8, 4) is 0 Å². The topological polar surface area (TPSA) is 144 Å². The van der Waals surface area contributed by atoms with Gasteiger partial charge in [-0.15, -0.1) is 29.7 Å². The summed E-state index contributed by atoms with van der Waals surface area (Å²) in [6.45, 7) is 12.3. The van der Waals surface area contributed by atoms with Crippen LogP contribution in [0.1, 0.15) is 65.5 Å². The van der Waals surface area contributed by atoms with Gasteiger partial charge in [-0.25, -0.2) is 4.98 Å². The molecule has 3 aliphatic rings. The highest BCUT2D eigenvalue weighted by molar-refractivity contribution is 7.99. The predicted molar refractivity (Wildman–Crippen MR) is 166 cm³/mol. The smallest absolute Gasteiger partial charge is 0.319 e. The van der Waals surface area contributed by atoms with Crippen molar-refractivity contribution in [1.29, 1.82) is 0 Å². The van der Waals surface area contributed by atoms with Gasteiger partial charge in [-0.3, -0.25) is 24.5 Å². The Morgan fingerprint density at radius 2 is 1.98 bits per heavy atom. The molecular weight excluding hydrogens is 590 g/mol. The Balaban J connectivity index is 1.40. The molecule has 43 heavy (non-hydrogen) atoms. The third kappa shape index (κ3) is 6.57. The Kier molecular flexibility index (Phi) is 10.5. The summed E-state index contributed by atoms with van der Waals surface area (Å²) in [5.41, 5.74) is -0.803. The van der Waals surface area contributed by atoms with E-state index >= 15 is 0 Å². The molecule has 12 heteroatoms. The maximum absolute atomic E-state index is 13.5. The fourth-order valence-corrected chi connectivity index (χ4v) is 9.40. The zero-order valence-corrected chi connectivity index (χ0v) is 27.4. The summed E-state index contributed by atoms with van der Waals surface area (Å²) in [5.74, 6) is -0.524. The van der Waals surface area contributed by atoms with Crippen LogP contribution in [-0.2, 0) is 34.4 Å². The van der Waals surface area contributed by atoms with E-state index in [1.807, 2.05) is 12.3 Å². The number of thiazole rings is 1. The standard InChI is InChI=1S/C31H45N3O7S2/c1-7-29(4)12-22(30(5)18(2)8-10-31(19(3)27(29)39)11-9-21(35)26(30)31)41-25(38)17-42-15-20-16-43-28(33-20)34-23(36)13-32-14-24(37)40-6/h7,16,18-19,22,26-27,32,39H,1,8-15,17H2,2-6H3,(H,33,34,36)/t18-,19+,22-,26-,27+,29-,30+,31+/m1/s1. The predicted octanol–water partition coefficient (Wildman–Crippen LogP) is 3.98. The van der Waals surface area contributed by atoms with Crippen LogP contribution >= 0.6 is 23.1 Å². The number of methoxy groups -OCH3 is 1. The minimum atomic E-state index is -0.699. The number of rotatable bonds is 11. The molecule has 1 heterocycles. The van der Waals surface area contributed by atoms with Gasteiger partial charge in [-0.05, 0) is 42.9 Å². The number of anilines is 1. The zero-order chi connectivity index (χ0) is 31.6. The number of aliphatic hydroxyl groups is 1.